The van der Waals surface area contributed by atoms with Gasteiger partial charge >= 0.3 is 6.03 Å². The maximum absolute atomic E-state index is 12.6. The summed E-state index contributed by atoms with van der Waals surface area (Å²) in [6, 6.07) is 14.6. The number of anilines is 1. The van der Waals surface area contributed by atoms with Gasteiger partial charge in [0.1, 0.15) is 6.04 Å². The molecular weight excluding hydrogens is 392 g/mol. The number of rotatable bonds is 5. The number of amides is 4. The molecule has 7 nitrogen and oxygen atoms in total. The minimum absolute atomic E-state index is 0.0530. The predicted molar refractivity (Wildman–Crippen MR) is 109 cm³/mol. The number of pyridine rings is 1. The first kappa shape index (κ1) is 18.9. The van der Waals surface area contributed by atoms with Crippen LogP contribution in [-0.4, -0.2) is 33.8 Å². The number of halogens is 1. The number of hydrogen-bond donors (Lipinski definition) is 2. The van der Waals surface area contributed by atoms with Crippen LogP contribution in [0.15, 0.2) is 60.8 Å². The lowest BCUT2D eigenvalue weighted by atomic mass is 10.1. The number of imide groups is 1. The molecule has 2 heterocycles. The summed E-state index contributed by atoms with van der Waals surface area (Å²) >= 11 is 6.12. The quantitative estimate of drug-likeness (QED) is 0.633. The average molecular weight is 409 g/mol. The van der Waals surface area contributed by atoms with Crippen molar-refractivity contribution < 1.29 is 14.4 Å². The van der Waals surface area contributed by atoms with E-state index in [2.05, 4.69) is 15.6 Å². The summed E-state index contributed by atoms with van der Waals surface area (Å²) in [6.07, 6.45) is 1.51. The minimum atomic E-state index is -0.918. The van der Waals surface area contributed by atoms with E-state index in [0.29, 0.717) is 16.3 Å². The van der Waals surface area contributed by atoms with Crippen LogP contribution in [0.3, 0.4) is 0 Å². The second-order valence-corrected chi connectivity index (χ2v) is 7.05. The summed E-state index contributed by atoms with van der Waals surface area (Å²) in [7, 11) is 0. The van der Waals surface area contributed by atoms with E-state index in [0.717, 1.165) is 15.8 Å². The monoisotopic (exact) mass is 408 g/mol. The number of hydrogen-bond acceptors (Lipinski definition) is 4. The van der Waals surface area contributed by atoms with Gasteiger partial charge in [0.15, 0.2) is 0 Å². The van der Waals surface area contributed by atoms with E-state index >= 15 is 0 Å². The van der Waals surface area contributed by atoms with Crippen molar-refractivity contribution in [1.29, 1.82) is 0 Å². The molecule has 3 aromatic rings. The van der Waals surface area contributed by atoms with Crippen molar-refractivity contribution >= 4 is 46.0 Å². The van der Waals surface area contributed by atoms with Gasteiger partial charge in [-0.15, -0.1) is 0 Å². The fraction of sp³-hybridized carbons (Fsp3) is 0.143. The van der Waals surface area contributed by atoms with Crippen LogP contribution in [0.4, 0.5) is 10.5 Å². The Morgan fingerprint density at radius 3 is 2.76 bits per heavy atom. The third-order valence-corrected chi connectivity index (χ3v) is 5.07. The number of nitrogens with one attached hydrogen (secondary N) is 2. The summed E-state index contributed by atoms with van der Waals surface area (Å²) in [5, 5.41) is 6.64. The van der Waals surface area contributed by atoms with E-state index in [1.165, 1.54) is 0 Å². The Morgan fingerprint density at radius 2 is 1.93 bits per heavy atom. The highest BCUT2D eigenvalue weighted by Crippen LogP contribution is 2.23. The van der Waals surface area contributed by atoms with Crippen LogP contribution >= 0.6 is 11.6 Å². The largest absolute Gasteiger partial charge is 0.325 e. The molecular formula is C21H17ClN4O3. The van der Waals surface area contributed by atoms with Gasteiger partial charge in [0.05, 0.1) is 24.2 Å². The van der Waals surface area contributed by atoms with Gasteiger partial charge in [-0.05, 0) is 35.9 Å². The Balaban J connectivity index is 1.44. The highest BCUT2D eigenvalue weighted by atomic mass is 35.5. The molecule has 0 spiro atoms. The Hall–Kier alpha value is -3.45. The smallest absolute Gasteiger partial charge is 0.325 e. The van der Waals surface area contributed by atoms with E-state index in [9.17, 15) is 14.4 Å². The zero-order chi connectivity index (χ0) is 20.4. The molecule has 1 aromatic heterocycles. The molecule has 4 rings (SSSR count). The third-order valence-electron chi connectivity index (χ3n) is 4.70. The molecule has 2 N–H and O–H groups in total. The fourth-order valence-electron chi connectivity index (χ4n) is 3.26. The first-order valence-electron chi connectivity index (χ1n) is 9.02. The van der Waals surface area contributed by atoms with Crippen molar-refractivity contribution in [2.45, 2.75) is 19.0 Å². The molecule has 2 aromatic carbocycles. The van der Waals surface area contributed by atoms with Crippen LogP contribution < -0.4 is 10.6 Å². The summed E-state index contributed by atoms with van der Waals surface area (Å²) in [5.74, 6) is -0.829. The van der Waals surface area contributed by atoms with Crippen molar-refractivity contribution in [3.05, 3.63) is 71.4 Å². The van der Waals surface area contributed by atoms with Crippen molar-refractivity contribution in [3.63, 3.8) is 0 Å². The molecule has 8 heteroatoms. The first-order valence-corrected chi connectivity index (χ1v) is 9.39. The number of carbonyl (C=O) groups excluding carboxylic acids is 3. The van der Waals surface area contributed by atoms with Crippen molar-refractivity contribution in [2.75, 3.05) is 5.32 Å². The summed E-state index contributed by atoms with van der Waals surface area (Å²) < 4.78 is 0. The van der Waals surface area contributed by atoms with E-state index in [4.69, 9.17) is 11.6 Å². The molecule has 4 amide bonds. The summed E-state index contributed by atoms with van der Waals surface area (Å²) in [6.45, 7) is 0.0530. The van der Waals surface area contributed by atoms with Crippen LogP contribution in [0, 0.1) is 0 Å². The van der Waals surface area contributed by atoms with E-state index in [1.807, 2.05) is 12.1 Å². The molecule has 0 saturated carbocycles. The standard InChI is InChI=1S/C21H17ClN4O3/c22-15-7-2-1-5-13(15)12-26-20(28)18(25-21(26)29)11-19(27)24-17-9-3-8-16-14(17)6-4-10-23-16/h1-10,18H,11-12H2,(H,24,27)(H,25,29)/t18-/m0/s1. The summed E-state index contributed by atoms with van der Waals surface area (Å²) in [4.78, 5) is 42.7. The lowest BCUT2D eigenvalue weighted by molar-refractivity contribution is -0.130. The molecule has 1 saturated heterocycles. The number of aromatic nitrogens is 1. The molecule has 146 valence electrons. The van der Waals surface area contributed by atoms with E-state index < -0.39 is 18.0 Å². The molecule has 1 fully saturated rings. The van der Waals surface area contributed by atoms with Gasteiger partial charge in [0, 0.05) is 16.6 Å². The van der Waals surface area contributed by atoms with Crippen molar-refractivity contribution in [1.82, 2.24) is 15.2 Å². The zero-order valence-corrected chi connectivity index (χ0v) is 16.0. The average Bonchev–Trinajstić information content (AvgIpc) is 2.97. The number of fused-ring (bicyclic) bond motifs is 1. The molecule has 0 radical (unpaired) electrons. The maximum atomic E-state index is 12.6. The second kappa shape index (κ2) is 7.89. The van der Waals surface area contributed by atoms with E-state index in [1.54, 1.807) is 48.7 Å². The lowest BCUT2D eigenvalue weighted by Gasteiger charge is -2.14. The zero-order valence-electron chi connectivity index (χ0n) is 15.3. The maximum Gasteiger partial charge on any atom is 0.325 e. The van der Waals surface area contributed by atoms with Gasteiger partial charge in [-0.2, -0.15) is 0 Å². The normalized spacial score (nSPS) is 16.2. The van der Waals surface area contributed by atoms with Gasteiger partial charge in [0.25, 0.3) is 5.91 Å². The SMILES string of the molecule is O=C(C[C@@H]1NC(=O)N(Cc2ccccc2Cl)C1=O)Nc1cccc2ncccc12. The molecule has 0 aliphatic carbocycles. The van der Waals surface area contributed by atoms with Gasteiger partial charge in [-0.3, -0.25) is 19.5 Å². The minimum Gasteiger partial charge on any atom is -0.325 e. The van der Waals surface area contributed by atoms with Crippen LogP contribution in [0.1, 0.15) is 12.0 Å². The van der Waals surface area contributed by atoms with Crippen molar-refractivity contribution in [3.8, 4) is 0 Å². The highest BCUT2D eigenvalue weighted by Gasteiger charge is 2.39. The van der Waals surface area contributed by atoms with Crippen LogP contribution in [0.5, 0.6) is 0 Å². The number of nitrogens with zero attached hydrogens (tertiary/aromatic N) is 2. The number of urea groups is 1. The Kier molecular flexibility index (Phi) is 5.14. The number of benzene rings is 2. The van der Waals surface area contributed by atoms with Crippen molar-refractivity contribution in [2.24, 2.45) is 0 Å². The van der Waals surface area contributed by atoms with Gasteiger partial charge in [-0.1, -0.05) is 35.9 Å². The Morgan fingerprint density at radius 1 is 1.10 bits per heavy atom. The van der Waals surface area contributed by atoms with Crippen LogP contribution in [0.2, 0.25) is 5.02 Å². The van der Waals surface area contributed by atoms with Crippen LogP contribution in [0.25, 0.3) is 10.9 Å². The predicted octanol–water partition coefficient (Wildman–Crippen LogP) is 3.34. The topological polar surface area (TPSA) is 91.4 Å². The number of carbonyl (C=O) groups is 3. The third kappa shape index (κ3) is 3.90. The summed E-state index contributed by atoms with van der Waals surface area (Å²) in [5.41, 5.74) is 2.01. The molecule has 0 unspecified atom stereocenters. The Bertz CT molecular complexity index is 1110. The van der Waals surface area contributed by atoms with E-state index in [-0.39, 0.29) is 18.9 Å². The van der Waals surface area contributed by atoms with Gasteiger partial charge < -0.3 is 10.6 Å². The molecule has 1 aliphatic rings. The molecule has 1 atom stereocenters. The molecule has 29 heavy (non-hydrogen) atoms. The second-order valence-electron chi connectivity index (χ2n) is 6.65. The highest BCUT2D eigenvalue weighted by molar-refractivity contribution is 6.31. The van der Waals surface area contributed by atoms with Gasteiger partial charge in [0.2, 0.25) is 5.91 Å². The molecule has 1 aliphatic heterocycles. The first-order chi connectivity index (χ1) is 14.0. The van der Waals surface area contributed by atoms with Gasteiger partial charge in [-0.25, -0.2) is 4.79 Å². The fourth-order valence-corrected chi connectivity index (χ4v) is 3.46. The Labute approximate surface area is 171 Å². The van der Waals surface area contributed by atoms with Crippen LogP contribution in [-0.2, 0) is 16.1 Å². The lowest BCUT2D eigenvalue weighted by Crippen LogP contribution is -2.34. The molecule has 0 bridgehead atoms.